The number of urea groups is 1. The van der Waals surface area contributed by atoms with Gasteiger partial charge in [-0.05, 0) is 25.1 Å². The summed E-state index contributed by atoms with van der Waals surface area (Å²) in [6.45, 7) is 3.76. The van der Waals surface area contributed by atoms with E-state index in [2.05, 4.69) is 12.2 Å². The topological polar surface area (TPSA) is 50.8 Å². The van der Waals surface area contributed by atoms with Crippen LogP contribution < -0.4 is 10.1 Å². The van der Waals surface area contributed by atoms with Crippen LogP contribution in [0.3, 0.4) is 0 Å². The molecule has 0 bridgehead atoms. The van der Waals surface area contributed by atoms with Crippen LogP contribution in [0.15, 0.2) is 18.2 Å². The Labute approximate surface area is 140 Å². The molecule has 0 unspecified atom stereocenters. The van der Waals surface area contributed by atoms with Crippen LogP contribution in [0.2, 0.25) is 5.02 Å². The van der Waals surface area contributed by atoms with Crippen molar-refractivity contribution in [3.05, 3.63) is 23.2 Å². The van der Waals surface area contributed by atoms with E-state index >= 15 is 0 Å². The van der Waals surface area contributed by atoms with Gasteiger partial charge in [-0.3, -0.25) is 0 Å². The molecule has 1 fully saturated rings. The van der Waals surface area contributed by atoms with E-state index in [-0.39, 0.29) is 12.1 Å². The Bertz CT molecular complexity index is 516. The van der Waals surface area contributed by atoms with Crippen molar-refractivity contribution in [2.24, 2.45) is 0 Å². The highest BCUT2D eigenvalue weighted by Gasteiger charge is 2.23. The van der Waals surface area contributed by atoms with Gasteiger partial charge in [-0.15, -0.1) is 0 Å². The van der Waals surface area contributed by atoms with Gasteiger partial charge in [0.15, 0.2) is 0 Å². The Morgan fingerprint density at radius 2 is 2.32 bits per heavy atom. The molecule has 1 aliphatic rings. The first-order valence-corrected chi connectivity index (χ1v) is 8.71. The maximum absolute atomic E-state index is 12.3. The van der Waals surface area contributed by atoms with Gasteiger partial charge in [0.2, 0.25) is 0 Å². The van der Waals surface area contributed by atoms with Crippen molar-refractivity contribution in [1.82, 2.24) is 4.90 Å². The number of benzene rings is 1. The molecule has 122 valence electrons. The molecule has 1 aromatic rings. The number of ether oxygens (including phenoxy) is 2. The van der Waals surface area contributed by atoms with Crippen LogP contribution in [0.5, 0.6) is 5.75 Å². The number of carbonyl (C=O) groups is 1. The minimum atomic E-state index is -0.0862. The Kier molecular flexibility index (Phi) is 6.67. The van der Waals surface area contributed by atoms with E-state index in [1.54, 1.807) is 25.3 Å². The standard InChI is InChI=1S/C15H21ClN2O3S/c1-11-10-22-8-5-18(11)15(19)17-12-3-4-14(13(16)9-12)21-7-6-20-2/h3-4,9,11H,5-8,10H2,1-2H3,(H,17,19)/t11-/m1/s1. The van der Waals surface area contributed by atoms with E-state index in [9.17, 15) is 4.79 Å². The fourth-order valence-electron chi connectivity index (χ4n) is 2.15. The van der Waals surface area contributed by atoms with Gasteiger partial charge in [0, 0.05) is 36.9 Å². The summed E-state index contributed by atoms with van der Waals surface area (Å²) < 4.78 is 10.4. The number of methoxy groups -OCH3 is 1. The van der Waals surface area contributed by atoms with Gasteiger partial charge in [0.25, 0.3) is 0 Å². The molecule has 1 aliphatic heterocycles. The quantitative estimate of drug-likeness (QED) is 0.832. The molecular formula is C15H21ClN2O3S. The minimum Gasteiger partial charge on any atom is -0.490 e. The van der Waals surface area contributed by atoms with Crippen molar-refractivity contribution in [3.63, 3.8) is 0 Å². The summed E-state index contributed by atoms with van der Waals surface area (Å²) in [7, 11) is 1.61. The molecule has 1 saturated heterocycles. The van der Waals surface area contributed by atoms with Crippen LogP contribution >= 0.6 is 23.4 Å². The Balaban J connectivity index is 1.95. The summed E-state index contributed by atoms with van der Waals surface area (Å²) in [6.07, 6.45) is 0. The molecule has 0 aromatic heterocycles. The van der Waals surface area contributed by atoms with Gasteiger partial charge in [-0.1, -0.05) is 11.6 Å². The van der Waals surface area contributed by atoms with Gasteiger partial charge < -0.3 is 19.7 Å². The lowest BCUT2D eigenvalue weighted by Gasteiger charge is -2.33. The van der Waals surface area contributed by atoms with E-state index in [4.69, 9.17) is 21.1 Å². The fourth-order valence-corrected chi connectivity index (χ4v) is 3.40. The number of nitrogens with one attached hydrogen (secondary N) is 1. The largest absolute Gasteiger partial charge is 0.490 e. The second-order valence-electron chi connectivity index (χ2n) is 5.03. The molecule has 0 aliphatic carbocycles. The highest BCUT2D eigenvalue weighted by molar-refractivity contribution is 7.99. The third kappa shape index (κ3) is 4.69. The zero-order valence-electron chi connectivity index (χ0n) is 12.8. The van der Waals surface area contributed by atoms with Crippen LogP contribution in [0.25, 0.3) is 0 Å². The summed E-state index contributed by atoms with van der Waals surface area (Å²) in [6, 6.07) is 5.39. The van der Waals surface area contributed by atoms with Gasteiger partial charge in [0.1, 0.15) is 12.4 Å². The Morgan fingerprint density at radius 1 is 1.50 bits per heavy atom. The smallest absolute Gasteiger partial charge is 0.322 e. The third-order valence-corrected chi connectivity index (χ3v) is 4.84. The van der Waals surface area contributed by atoms with E-state index in [0.717, 1.165) is 18.1 Å². The summed E-state index contributed by atoms with van der Waals surface area (Å²) in [5, 5.41) is 3.36. The molecule has 1 atom stereocenters. The third-order valence-electron chi connectivity index (χ3n) is 3.36. The molecule has 2 rings (SSSR count). The van der Waals surface area contributed by atoms with Gasteiger partial charge in [-0.25, -0.2) is 4.79 Å². The molecule has 1 N–H and O–H groups in total. The van der Waals surface area contributed by atoms with Crippen molar-refractivity contribution in [3.8, 4) is 5.75 Å². The van der Waals surface area contributed by atoms with Crippen molar-refractivity contribution in [1.29, 1.82) is 0 Å². The molecule has 0 radical (unpaired) electrons. The Hall–Kier alpha value is -1.11. The van der Waals surface area contributed by atoms with E-state index in [1.807, 2.05) is 16.7 Å². The first-order chi connectivity index (χ1) is 10.6. The number of anilines is 1. The summed E-state index contributed by atoms with van der Waals surface area (Å²) in [4.78, 5) is 14.2. The van der Waals surface area contributed by atoms with Crippen LogP contribution in [0.1, 0.15) is 6.92 Å². The number of hydrogen-bond acceptors (Lipinski definition) is 4. The van der Waals surface area contributed by atoms with E-state index in [1.165, 1.54) is 0 Å². The molecule has 22 heavy (non-hydrogen) atoms. The molecular weight excluding hydrogens is 324 g/mol. The first kappa shape index (κ1) is 17.2. The normalized spacial score (nSPS) is 18.1. The average Bonchev–Trinajstić information content (AvgIpc) is 2.50. The summed E-state index contributed by atoms with van der Waals surface area (Å²) >= 11 is 8.05. The van der Waals surface area contributed by atoms with Crippen molar-refractivity contribution < 1.29 is 14.3 Å². The molecule has 1 aromatic carbocycles. The lowest BCUT2D eigenvalue weighted by atomic mass is 10.3. The molecule has 5 nitrogen and oxygen atoms in total. The van der Waals surface area contributed by atoms with Gasteiger partial charge in [-0.2, -0.15) is 11.8 Å². The SMILES string of the molecule is COCCOc1ccc(NC(=O)N2CCSC[C@H]2C)cc1Cl. The number of hydrogen-bond donors (Lipinski definition) is 1. The number of carbonyl (C=O) groups excluding carboxylic acids is 1. The number of amides is 2. The zero-order valence-corrected chi connectivity index (χ0v) is 14.4. The highest BCUT2D eigenvalue weighted by atomic mass is 35.5. The predicted molar refractivity (Wildman–Crippen MR) is 91.3 cm³/mol. The highest BCUT2D eigenvalue weighted by Crippen LogP contribution is 2.28. The molecule has 1 heterocycles. The summed E-state index contributed by atoms with van der Waals surface area (Å²) in [5.41, 5.74) is 0.666. The van der Waals surface area contributed by atoms with Gasteiger partial charge >= 0.3 is 6.03 Å². The second kappa shape index (κ2) is 8.50. The maximum atomic E-state index is 12.3. The first-order valence-electron chi connectivity index (χ1n) is 7.18. The molecule has 0 saturated carbocycles. The lowest BCUT2D eigenvalue weighted by Crippen LogP contribution is -2.46. The molecule has 2 amide bonds. The zero-order chi connectivity index (χ0) is 15.9. The predicted octanol–water partition coefficient (Wildman–Crippen LogP) is 3.33. The van der Waals surface area contributed by atoms with Crippen molar-refractivity contribution in [2.45, 2.75) is 13.0 Å². The van der Waals surface area contributed by atoms with Crippen LogP contribution in [0.4, 0.5) is 10.5 Å². The molecule has 7 heteroatoms. The Morgan fingerprint density at radius 3 is 3.00 bits per heavy atom. The number of thioether (sulfide) groups is 1. The van der Waals surface area contributed by atoms with E-state index in [0.29, 0.717) is 29.7 Å². The van der Waals surface area contributed by atoms with Crippen molar-refractivity contribution in [2.75, 3.05) is 43.7 Å². The number of nitrogens with zero attached hydrogens (tertiary/aromatic N) is 1. The maximum Gasteiger partial charge on any atom is 0.322 e. The van der Waals surface area contributed by atoms with Gasteiger partial charge in [0.05, 0.1) is 11.6 Å². The molecule has 0 spiro atoms. The van der Waals surface area contributed by atoms with Crippen LogP contribution in [0, 0.1) is 0 Å². The lowest BCUT2D eigenvalue weighted by molar-refractivity contribution is 0.146. The van der Waals surface area contributed by atoms with Crippen LogP contribution in [-0.2, 0) is 4.74 Å². The monoisotopic (exact) mass is 344 g/mol. The van der Waals surface area contributed by atoms with Crippen LogP contribution in [-0.4, -0.2) is 55.3 Å². The number of halogens is 1. The number of rotatable bonds is 5. The van der Waals surface area contributed by atoms with Crippen molar-refractivity contribution >= 4 is 35.1 Å². The second-order valence-corrected chi connectivity index (χ2v) is 6.59. The summed E-state index contributed by atoms with van der Waals surface area (Å²) in [5.74, 6) is 2.53. The fraction of sp³-hybridized carbons (Fsp3) is 0.533. The minimum absolute atomic E-state index is 0.0862. The van der Waals surface area contributed by atoms with E-state index < -0.39 is 0 Å². The average molecular weight is 345 g/mol.